The number of benzene rings is 1. The van der Waals surface area contributed by atoms with Crippen LogP contribution in [0, 0.1) is 29.8 Å². The van der Waals surface area contributed by atoms with Crippen LogP contribution in [0.15, 0.2) is 16.6 Å². The lowest BCUT2D eigenvalue weighted by Crippen LogP contribution is -2.05. The molecule has 2 aromatic rings. The van der Waals surface area contributed by atoms with Gasteiger partial charge in [-0.15, -0.1) is 0 Å². The lowest BCUT2D eigenvalue weighted by Gasteiger charge is -2.09. The van der Waals surface area contributed by atoms with E-state index in [1.807, 2.05) is 20.9 Å². The highest BCUT2D eigenvalue weighted by Crippen LogP contribution is 2.31. The summed E-state index contributed by atoms with van der Waals surface area (Å²) < 4.78 is 15.3. The van der Waals surface area contributed by atoms with Gasteiger partial charge >= 0.3 is 0 Å². The van der Waals surface area contributed by atoms with Gasteiger partial charge < -0.3 is 5.32 Å². The van der Waals surface area contributed by atoms with Crippen molar-refractivity contribution in [2.24, 2.45) is 7.05 Å². The molecule has 1 aromatic heterocycles. The van der Waals surface area contributed by atoms with E-state index in [1.54, 1.807) is 4.68 Å². The predicted molar refractivity (Wildman–Crippen MR) is 80.8 cm³/mol. The molecule has 1 heterocycles. The number of rotatable bonds is 4. The zero-order valence-electron chi connectivity index (χ0n) is 11.8. The SMILES string of the molecule is Cc1nn(C)c(C)c1CNc1cc(Br)c(F)cc1[N+](=O)[O-]. The number of halogens is 2. The van der Waals surface area contributed by atoms with Crippen LogP contribution in [0.4, 0.5) is 15.8 Å². The van der Waals surface area contributed by atoms with Gasteiger partial charge in [0.05, 0.1) is 21.2 Å². The molecule has 0 aliphatic heterocycles. The Morgan fingerprint density at radius 2 is 2.14 bits per heavy atom. The fraction of sp³-hybridized carbons (Fsp3) is 0.308. The summed E-state index contributed by atoms with van der Waals surface area (Å²) in [5.41, 5.74) is 2.76. The maximum atomic E-state index is 13.4. The second-order valence-electron chi connectivity index (χ2n) is 4.67. The van der Waals surface area contributed by atoms with E-state index in [4.69, 9.17) is 0 Å². The van der Waals surface area contributed by atoms with Crippen molar-refractivity contribution < 1.29 is 9.31 Å². The average Bonchev–Trinajstić information content (AvgIpc) is 2.64. The molecule has 0 bridgehead atoms. The van der Waals surface area contributed by atoms with Crippen molar-refractivity contribution >= 4 is 27.3 Å². The quantitative estimate of drug-likeness (QED) is 0.672. The van der Waals surface area contributed by atoms with Crippen LogP contribution >= 0.6 is 15.9 Å². The monoisotopic (exact) mass is 356 g/mol. The number of aromatic nitrogens is 2. The van der Waals surface area contributed by atoms with Crippen LogP contribution in [0.2, 0.25) is 0 Å². The number of hydrogen-bond donors (Lipinski definition) is 1. The summed E-state index contributed by atoms with van der Waals surface area (Å²) in [7, 11) is 1.84. The zero-order chi connectivity index (χ0) is 15.7. The molecule has 1 N–H and O–H groups in total. The summed E-state index contributed by atoms with van der Waals surface area (Å²) in [6.07, 6.45) is 0. The molecule has 0 radical (unpaired) electrons. The molecule has 8 heteroatoms. The molecule has 0 aliphatic rings. The Morgan fingerprint density at radius 3 is 2.67 bits per heavy atom. The Morgan fingerprint density at radius 1 is 1.48 bits per heavy atom. The normalized spacial score (nSPS) is 10.7. The molecule has 1 aromatic carbocycles. The third-order valence-electron chi connectivity index (χ3n) is 3.35. The van der Waals surface area contributed by atoms with Crippen LogP contribution in [0.3, 0.4) is 0 Å². The topological polar surface area (TPSA) is 73.0 Å². The first kappa shape index (κ1) is 15.4. The highest BCUT2D eigenvalue weighted by Gasteiger charge is 2.18. The van der Waals surface area contributed by atoms with E-state index < -0.39 is 10.7 Å². The lowest BCUT2D eigenvalue weighted by atomic mass is 10.2. The van der Waals surface area contributed by atoms with Crippen molar-refractivity contribution in [3.8, 4) is 0 Å². The van der Waals surface area contributed by atoms with Crippen molar-refractivity contribution in [2.45, 2.75) is 20.4 Å². The van der Waals surface area contributed by atoms with Gasteiger partial charge in [0, 0.05) is 24.8 Å². The number of nitrogens with zero attached hydrogens (tertiary/aromatic N) is 3. The van der Waals surface area contributed by atoms with Gasteiger partial charge in [-0.05, 0) is 35.8 Å². The largest absolute Gasteiger partial charge is 0.375 e. The Labute approximate surface area is 129 Å². The minimum Gasteiger partial charge on any atom is -0.375 e. The molecule has 112 valence electrons. The van der Waals surface area contributed by atoms with E-state index in [-0.39, 0.29) is 15.8 Å². The highest BCUT2D eigenvalue weighted by atomic mass is 79.9. The third kappa shape index (κ3) is 3.05. The van der Waals surface area contributed by atoms with E-state index in [0.717, 1.165) is 23.0 Å². The first-order valence-corrected chi connectivity index (χ1v) is 6.97. The van der Waals surface area contributed by atoms with Gasteiger partial charge in [-0.25, -0.2) is 4.39 Å². The van der Waals surface area contributed by atoms with Crippen LogP contribution in [0.1, 0.15) is 17.0 Å². The molecule has 0 spiro atoms. The fourth-order valence-corrected chi connectivity index (χ4v) is 2.43. The molecule has 0 saturated heterocycles. The van der Waals surface area contributed by atoms with Crippen molar-refractivity contribution in [2.75, 3.05) is 5.32 Å². The van der Waals surface area contributed by atoms with Crippen molar-refractivity contribution in [3.63, 3.8) is 0 Å². The molecule has 0 atom stereocenters. The zero-order valence-corrected chi connectivity index (χ0v) is 13.4. The van der Waals surface area contributed by atoms with Gasteiger partial charge in [-0.3, -0.25) is 14.8 Å². The summed E-state index contributed by atoms with van der Waals surface area (Å²) in [5.74, 6) is -0.666. The molecule has 0 amide bonds. The summed E-state index contributed by atoms with van der Waals surface area (Å²) in [4.78, 5) is 10.4. The third-order valence-corrected chi connectivity index (χ3v) is 3.96. The first-order valence-electron chi connectivity index (χ1n) is 6.17. The second kappa shape index (κ2) is 5.80. The molecule has 0 saturated carbocycles. The molecule has 21 heavy (non-hydrogen) atoms. The average molecular weight is 357 g/mol. The minimum atomic E-state index is -0.666. The van der Waals surface area contributed by atoms with Crippen LogP contribution in [0.5, 0.6) is 0 Å². The van der Waals surface area contributed by atoms with Gasteiger partial charge in [0.15, 0.2) is 0 Å². The molecule has 6 nitrogen and oxygen atoms in total. The Hall–Kier alpha value is -1.96. The van der Waals surface area contributed by atoms with E-state index in [2.05, 4.69) is 26.3 Å². The summed E-state index contributed by atoms with van der Waals surface area (Å²) in [5, 5.41) is 18.3. The second-order valence-corrected chi connectivity index (χ2v) is 5.52. The van der Waals surface area contributed by atoms with Crippen LogP contribution < -0.4 is 5.32 Å². The molecular formula is C13H14BrFN4O2. The number of anilines is 1. The van der Waals surface area contributed by atoms with Gasteiger partial charge in [-0.1, -0.05) is 0 Å². The van der Waals surface area contributed by atoms with Gasteiger partial charge in [0.1, 0.15) is 11.5 Å². The number of aryl methyl sites for hydroxylation is 2. The minimum absolute atomic E-state index is 0.176. The summed E-state index contributed by atoms with van der Waals surface area (Å²) >= 11 is 3.03. The smallest absolute Gasteiger partial charge is 0.295 e. The Kier molecular flexibility index (Phi) is 4.26. The van der Waals surface area contributed by atoms with Gasteiger partial charge in [0.2, 0.25) is 0 Å². The van der Waals surface area contributed by atoms with Gasteiger partial charge in [0.25, 0.3) is 5.69 Å². The predicted octanol–water partition coefficient (Wildman–Crippen LogP) is 3.46. The highest BCUT2D eigenvalue weighted by molar-refractivity contribution is 9.10. The van der Waals surface area contributed by atoms with Crippen LogP contribution in [0.25, 0.3) is 0 Å². The van der Waals surface area contributed by atoms with Crippen LogP contribution in [-0.2, 0) is 13.6 Å². The maximum Gasteiger partial charge on any atom is 0.295 e. The summed E-state index contributed by atoms with van der Waals surface area (Å²) in [6, 6.07) is 2.27. The summed E-state index contributed by atoms with van der Waals surface area (Å²) in [6.45, 7) is 4.18. The van der Waals surface area contributed by atoms with Crippen molar-refractivity contribution in [3.05, 3.63) is 49.5 Å². The molecule has 0 fully saturated rings. The number of nitro groups is 1. The maximum absolute atomic E-state index is 13.4. The number of nitro benzene ring substituents is 1. The molecule has 0 aliphatic carbocycles. The van der Waals surface area contributed by atoms with Gasteiger partial charge in [-0.2, -0.15) is 5.10 Å². The fourth-order valence-electron chi connectivity index (χ4n) is 2.09. The first-order chi connectivity index (χ1) is 9.81. The number of hydrogen-bond acceptors (Lipinski definition) is 4. The van der Waals surface area contributed by atoms with E-state index in [9.17, 15) is 14.5 Å². The Balaban J connectivity index is 2.31. The standard InChI is InChI=1S/C13H14BrFN4O2/c1-7-9(8(2)18(3)17-7)6-16-12-4-10(14)11(15)5-13(12)19(20)21/h4-5,16H,6H2,1-3H3. The van der Waals surface area contributed by atoms with E-state index in [1.165, 1.54) is 6.07 Å². The van der Waals surface area contributed by atoms with E-state index >= 15 is 0 Å². The van der Waals surface area contributed by atoms with Crippen LogP contribution in [-0.4, -0.2) is 14.7 Å². The molecular weight excluding hydrogens is 343 g/mol. The molecule has 0 unspecified atom stereocenters. The van der Waals surface area contributed by atoms with Crippen molar-refractivity contribution in [1.29, 1.82) is 0 Å². The lowest BCUT2D eigenvalue weighted by molar-refractivity contribution is -0.384. The Bertz CT molecular complexity index is 715. The van der Waals surface area contributed by atoms with E-state index in [0.29, 0.717) is 6.54 Å². The molecule has 2 rings (SSSR count). The number of nitrogens with one attached hydrogen (secondary N) is 1. The van der Waals surface area contributed by atoms with Crippen molar-refractivity contribution in [1.82, 2.24) is 9.78 Å².